The summed E-state index contributed by atoms with van der Waals surface area (Å²) in [5.41, 5.74) is 4.15. The molecule has 3 nitrogen and oxygen atoms in total. The summed E-state index contributed by atoms with van der Waals surface area (Å²) in [6.45, 7) is 8.56. The van der Waals surface area contributed by atoms with E-state index in [0.29, 0.717) is 11.3 Å². The number of ether oxygens (including phenoxy) is 2. The molecule has 132 valence electrons. The van der Waals surface area contributed by atoms with Gasteiger partial charge in [-0.05, 0) is 59.7 Å². The van der Waals surface area contributed by atoms with E-state index in [9.17, 15) is 4.79 Å². The molecule has 3 heteroatoms. The Morgan fingerprint density at radius 1 is 1.00 bits per heavy atom. The Morgan fingerprint density at radius 3 is 2.12 bits per heavy atom. The van der Waals surface area contributed by atoms with Crippen LogP contribution in [0, 0.1) is 0 Å². The largest absolute Gasteiger partial charge is 0.497 e. The predicted octanol–water partition coefficient (Wildman–Crippen LogP) is 5.30. The highest BCUT2D eigenvalue weighted by Gasteiger charge is 2.13. The molecule has 0 N–H and O–H groups in total. The number of hydrogen-bond donors (Lipinski definition) is 0. The van der Waals surface area contributed by atoms with Gasteiger partial charge in [-0.3, -0.25) is 0 Å². The molecule has 0 atom stereocenters. The first-order valence-electron chi connectivity index (χ1n) is 8.39. The van der Waals surface area contributed by atoms with Crippen molar-refractivity contribution in [2.45, 2.75) is 39.5 Å². The summed E-state index contributed by atoms with van der Waals surface area (Å²) in [6, 6.07) is 15.4. The lowest BCUT2D eigenvalue weighted by molar-refractivity contribution is 0.0660. The third-order valence-corrected chi connectivity index (χ3v) is 4.00. The van der Waals surface area contributed by atoms with E-state index in [-0.39, 0.29) is 11.4 Å². The fourth-order valence-corrected chi connectivity index (χ4v) is 2.44. The van der Waals surface area contributed by atoms with Crippen LogP contribution in [0.15, 0.2) is 60.4 Å². The Morgan fingerprint density at radius 2 is 1.60 bits per heavy atom. The molecule has 0 heterocycles. The molecule has 0 aromatic heterocycles. The van der Waals surface area contributed by atoms with Gasteiger partial charge < -0.3 is 9.47 Å². The minimum atomic E-state index is -0.370. The Labute approximate surface area is 150 Å². The number of benzene rings is 2. The van der Waals surface area contributed by atoms with E-state index in [1.807, 2.05) is 6.92 Å². The summed E-state index contributed by atoms with van der Waals surface area (Å²) in [7, 11) is 1.59. The van der Waals surface area contributed by atoms with Crippen LogP contribution >= 0.6 is 0 Å². The second-order valence-corrected chi connectivity index (χ2v) is 7.22. The molecule has 2 aromatic carbocycles. The summed E-state index contributed by atoms with van der Waals surface area (Å²) in [5, 5.41) is 0. The Bertz CT molecular complexity index is 732. The highest BCUT2D eigenvalue weighted by atomic mass is 16.5. The van der Waals surface area contributed by atoms with E-state index < -0.39 is 0 Å². The third kappa shape index (κ3) is 5.49. The molecule has 25 heavy (non-hydrogen) atoms. The smallest absolute Gasteiger partial charge is 0.342 e. The molecule has 0 radical (unpaired) electrons. The van der Waals surface area contributed by atoms with Crippen LogP contribution in [0.3, 0.4) is 0 Å². The first-order chi connectivity index (χ1) is 11.8. The van der Waals surface area contributed by atoms with Gasteiger partial charge in [0.05, 0.1) is 18.9 Å². The van der Waals surface area contributed by atoms with Crippen molar-refractivity contribution in [2.24, 2.45) is 0 Å². The highest BCUT2D eigenvalue weighted by Crippen LogP contribution is 2.23. The van der Waals surface area contributed by atoms with E-state index in [1.54, 1.807) is 31.4 Å². The van der Waals surface area contributed by atoms with Gasteiger partial charge in [0, 0.05) is 0 Å². The average molecular weight is 338 g/mol. The van der Waals surface area contributed by atoms with Gasteiger partial charge in [0.15, 0.2) is 0 Å². The molecule has 0 bridgehead atoms. The minimum Gasteiger partial charge on any atom is -0.497 e. The van der Waals surface area contributed by atoms with Gasteiger partial charge in [0.25, 0.3) is 0 Å². The summed E-state index contributed by atoms with van der Waals surface area (Å²) in [6.07, 6.45) is 2.28. The predicted molar refractivity (Wildman–Crippen MR) is 101 cm³/mol. The van der Waals surface area contributed by atoms with Crippen molar-refractivity contribution in [3.63, 3.8) is 0 Å². The number of esters is 1. The molecule has 0 aliphatic rings. The molecule has 0 unspecified atom stereocenters. The number of methoxy groups -OCH3 is 1. The van der Waals surface area contributed by atoms with Gasteiger partial charge in [0.1, 0.15) is 5.75 Å². The number of carbonyl (C=O) groups is 1. The van der Waals surface area contributed by atoms with Crippen molar-refractivity contribution in [2.75, 3.05) is 7.11 Å². The second-order valence-electron chi connectivity index (χ2n) is 7.22. The quantitative estimate of drug-likeness (QED) is 0.548. The number of allylic oxidation sites excluding steroid dienone is 1. The highest BCUT2D eigenvalue weighted by molar-refractivity contribution is 5.89. The maximum atomic E-state index is 12.0. The van der Waals surface area contributed by atoms with Crippen LogP contribution in [-0.2, 0) is 16.6 Å². The van der Waals surface area contributed by atoms with Gasteiger partial charge in [-0.1, -0.05) is 45.0 Å². The fraction of sp³-hybridized carbons (Fsp3) is 0.318. The monoisotopic (exact) mass is 338 g/mol. The summed E-state index contributed by atoms with van der Waals surface area (Å²) >= 11 is 0. The van der Waals surface area contributed by atoms with Crippen LogP contribution in [0.4, 0.5) is 0 Å². The molecule has 0 fully saturated rings. The van der Waals surface area contributed by atoms with Crippen LogP contribution in [0.1, 0.15) is 49.2 Å². The normalized spacial score (nSPS) is 12.0. The maximum absolute atomic E-state index is 12.0. The van der Waals surface area contributed by atoms with Crippen LogP contribution in [0.5, 0.6) is 5.75 Å². The Balaban J connectivity index is 1.95. The molecule has 2 rings (SSSR count). The zero-order chi connectivity index (χ0) is 18.4. The van der Waals surface area contributed by atoms with Crippen LogP contribution in [0.25, 0.3) is 0 Å². The molecule has 0 spiro atoms. The molecular weight excluding hydrogens is 312 g/mol. The van der Waals surface area contributed by atoms with Gasteiger partial charge in [-0.25, -0.2) is 4.79 Å². The molecule has 0 aliphatic heterocycles. The lowest BCUT2D eigenvalue weighted by Gasteiger charge is -2.19. The molecule has 0 saturated heterocycles. The molecule has 0 amide bonds. The molecular formula is C22H26O3. The standard InChI is InChI=1S/C22H26O3/c1-16(14-17-6-10-19(11-7-17)22(2,3)4)15-25-21(23)18-8-12-20(24-5)13-9-18/h6-13,15H,14H2,1-5H3/b16-15+. The SMILES string of the molecule is COc1ccc(C(=O)O/C=C(\C)Cc2ccc(C(C)(C)C)cc2)cc1. The molecule has 0 aliphatic carbocycles. The molecule has 2 aromatic rings. The van der Waals surface area contributed by atoms with Gasteiger partial charge in [-0.2, -0.15) is 0 Å². The number of rotatable bonds is 5. The first kappa shape index (κ1) is 18.8. The van der Waals surface area contributed by atoms with Crippen molar-refractivity contribution in [1.29, 1.82) is 0 Å². The van der Waals surface area contributed by atoms with Gasteiger partial charge >= 0.3 is 5.97 Å². The lowest BCUT2D eigenvalue weighted by atomic mass is 9.86. The van der Waals surface area contributed by atoms with Crippen LogP contribution in [0.2, 0.25) is 0 Å². The van der Waals surface area contributed by atoms with Crippen molar-refractivity contribution in [3.05, 3.63) is 77.1 Å². The van der Waals surface area contributed by atoms with Crippen molar-refractivity contribution in [3.8, 4) is 5.75 Å². The first-order valence-corrected chi connectivity index (χ1v) is 8.39. The van der Waals surface area contributed by atoms with Gasteiger partial charge in [0.2, 0.25) is 0 Å². The zero-order valence-corrected chi connectivity index (χ0v) is 15.6. The van der Waals surface area contributed by atoms with Crippen LogP contribution in [-0.4, -0.2) is 13.1 Å². The van der Waals surface area contributed by atoms with Crippen molar-refractivity contribution < 1.29 is 14.3 Å². The summed E-state index contributed by atoms with van der Waals surface area (Å²) in [5.74, 6) is 0.340. The van der Waals surface area contributed by atoms with E-state index in [4.69, 9.17) is 9.47 Å². The number of hydrogen-bond acceptors (Lipinski definition) is 3. The Hall–Kier alpha value is -2.55. The van der Waals surface area contributed by atoms with Crippen molar-refractivity contribution >= 4 is 5.97 Å². The summed E-state index contributed by atoms with van der Waals surface area (Å²) in [4.78, 5) is 12.0. The maximum Gasteiger partial charge on any atom is 0.342 e. The number of carbonyl (C=O) groups excluding carboxylic acids is 1. The topological polar surface area (TPSA) is 35.5 Å². The Kier molecular flexibility index (Phi) is 6.02. The average Bonchev–Trinajstić information content (AvgIpc) is 2.59. The lowest BCUT2D eigenvalue weighted by Crippen LogP contribution is -2.10. The van der Waals surface area contributed by atoms with E-state index in [1.165, 1.54) is 17.4 Å². The van der Waals surface area contributed by atoms with Crippen molar-refractivity contribution in [1.82, 2.24) is 0 Å². The second kappa shape index (κ2) is 8.02. The van der Waals surface area contributed by atoms with E-state index in [0.717, 1.165) is 12.0 Å². The van der Waals surface area contributed by atoms with E-state index in [2.05, 4.69) is 45.0 Å². The summed E-state index contributed by atoms with van der Waals surface area (Å²) < 4.78 is 10.4. The zero-order valence-electron chi connectivity index (χ0n) is 15.6. The van der Waals surface area contributed by atoms with Gasteiger partial charge in [-0.15, -0.1) is 0 Å². The van der Waals surface area contributed by atoms with E-state index >= 15 is 0 Å². The van der Waals surface area contributed by atoms with Crippen LogP contribution < -0.4 is 4.74 Å². The fourth-order valence-electron chi connectivity index (χ4n) is 2.44. The molecule has 0 saturated carbocycles. The third-order valence-electron chi connectivity index (χ3n) is 4.00. The minimum absolute atomic E-state index is 0.150.